The van der Waals surface area contributed by atoms with E-state index in [2.05, 4.69) is 24.1 Å². The van der Waals surface area contributed by atoms with Gasteiger partial charge in [-0.25, -0.2) is 0 Å². The van der Waals surface area contributed by atoms with Crippen LogP contribution in [0.2, 0.25) is 0 Å². The maximum absolute atomic E-state index is 5.81. The first-order chi connectivity index (χ1) is 9.25. The summed E-state index contributed by atoms with van der Waals surface area (Å²) in [7, 11) is 0. The van der Waals surface area contributed by atoms with E-state index in [9.17, 15) is 0 Å². The molecule has 4 nitrogen and oxygen atoms in total. The molecule has 0 spiro atoms. The van der Waals surface area contributed by atoms with Crippen LogP contribution in [0.1, 0.15) is 33.1 Å². The number of nitrogens with zero attached hydrogens (tertiary/aromatic N) is 1. The van der Waals surface area contributed by atoms with Crippen LogP contribution >= 0.6 is 0 Å². The van der Waals surface area contributed by atoms with E-state index in [0.717, 1.165) is 39.5 Å². The lowest BCUT2D eigenvalue weighted by atomic mass is 9.95. The van der Waals surface area contributed by atoms with E-state index in [0.29, 0.717) is 18.1 Å². The topological polar surface area (TPSA) is 33.7 Å². The van der Waals surface area contributed by atoms with Crippen LogP contribution in [-0.4, -0.2) is 63.0 Å². The van der Waals surface area contributed by atoms with Crippen molar-refractivity contribution in [3.8, 4) is 0 Å². The average Bonchev–Trinajstić information content (AvgIpc) is 2.45. The first-order valence-corrected chi connectivity index (χ1v) is 7.91. The summed E-state index contributed by atoms with van der Waals surface area (Å²) in [6.45, 7) is 11.8. The Balaban J connectivity index is 1.55. The van der Waals surface area contributed by atoms with Crippen LogP contribution in [0.5, 0.6) is 0 Å². The van der Waals surface area contributed by atoms with Gasteiger partial charge in [-0.05, 0) is 38.3 Å². The quantitative estimate of drug-likeness (QED) is 0.742. The SMILES string of the molecule is CC(C)C1CC(NCCCN2CCOCC2)CCO1. The third-order valence-corrected chi connectivity index (χ3v) is 4.25. The van der Waals surface area contributed by atoms with Crippen molar-refractivity contribution in [3.05, 3.63) is 0 Å². The lowest BCUT2D eigenvalue weighted by molar-refractivity contribution is -0.0244. The Kier molecular flexibility index (Phi) is 6.57. The van der Waals surface area contributed by atoms with Crippen LogP contribution in [0, 0.1) is 5.92 Å². The van der Waals surface area contributed by atoms with Gasteiger partial charge in [-0.1, -0.05) is 13.8 Å². The third-order valence-electron chi connectivity index (χ3n) is 4.25. The fourth-order valence-corrected chi connectivity index (χ4v) is 2.91. The Labute approximate surface area is 117 Å². The molecule has 0 radical (unpaired) electrons. The molecule has 2 saturated heterocycles. The van der Waals surface area contributed by atoms with Crippen molar-refractivity contribution in [3.63, 3.8) is 0 Å². The molecule has 19 heavy (non-hydrogen) atoms. The second-order valence-electron chi connectivity index (χ2n) is 6.14. The van der Waals surface area contributed by atoms with E-state index in [-0.39, 0.29) is 0 Å². The molecular formula is C15H30N2O2. The molecule has 2 unspecified atom stereocenters. The van der Waals surface area contributed by atoms with Crippen molar-refractivity contribution in [2.24, 2.45) is 5.92 Å². The zero-order valence-corrected chi connectivity index (χ0v) is 12.6. The van der Waals surface area contributed by atoms with Gasteiger partial charge in [-0.2, -0.15) is 0 Å². The van der Waals surface area contributed by atoms with Crippen LogP contribution in [0.4, 0.5) is 0 Å². The van der Waals surface area contributed by atoms with E-state index in [1.54, 1.807) is 0 Å². The highest BCUT2D eigenvalue weighted by Crippen LogP contribution is 2.20. The predicted octanol–water partition coefficient (Wildman–Crippen LogP) is 1.50. The largest absolute Gasteiger partial charge is 0.379 e. The van der Waals surface area contributed by atoms with Gasteiger partial charge in [-0.15, -0.1) is 0 Å². The van der Waals surface area contributed by atoms with E-state index in [1.165, 1.54) is 25.8 Å². The summed E-state index contributed by atoms with van der Waals surface area (Å²) in [5.74, 6) is 0.637. The van der Waals surface area contributed by atoms with Crippen molar-refractivity contribution >= 4 is 0 Å². The Bertz CT molecular complexity index is 242. The second kappa shape index (κ2) is 8.20. The van der Waals surface area contributed by atoms with Gasteiger partial charge in [-0.3, -0.25) is 4.90 Å². The highest BCUT2D eigenvalue weighted by atomic mass is 16.5. The zero-order chi connectivity index (χ0) is 13.5. The van der Waals surface area contributed by atoms with Crippen LogP contribution in [0.15, 0.2) is 0 Å². The number of morpholine rings is 1. The second-order valence-corrected chi connectivity index (χ2v) is 6.14. The molecule has 2 fully saturated rings. The molecule has 2 atom stereocenters. The summed E-state index contributed by atoms with van der Waals surface area (Å²) >= 11 is 0. The lowest BCUT2D eigenvalue weighted by Gasteiger charge is -2.33. The maximum atomic E-state index is 5.81. The molecule has 0 saturated carbocycles. The maximum Gasteiger partial charge on any atom is 0.0612 e. The molecule has 4 heteroatoms. The molecule has 0 aromatic heterocycles. The fraction of sp³-hybridized carbons (Fsp3) is 1.00. The van der Waals surface area contributed by atoms with Crippen LogP contribution in [-0.2, 0) is 9.47 Å². The minimum Gasteiger partial charge on any atom is -0.379 e. The molecule has 0 aliphatic carbocycles. The Morgan fingerprint density at radius 3 is 2.74 bits per heavy atom. The van der Waals surface area contributed by atoms with Crippen LogP contribution in [0.3, 0.4) is 0 Å². The molecular weight excluding hydrogens is 240 g/mol. The summed E-state index contributed by atoms with van der Waals surface area (Å²) in [4.78, 5) is 2.51. The molecule has 2 heterocycles. The third kappa shape index (κ3) is 5.38. The molecule has 0 aromatic carbocycles. The highest BCUT2D eigenvalue weighted by molar-refractivity contribution is 4.78. The van der Waals surface area contributed by atoms with Crippen molar-refractivity contribution in [2.75, 3.05) is 46.0 Å². The van der Waals surface area contributed by atoms with Gasteiger partial charge < -0.3 is 14.8 Å². The monoisotopic (exact) mass is 270 g/mol. The summed E-state index contributed by atoms with van der Waals surface area (Å²) in [5.41, 5.74) is 0. The fourth-order valence-electron chi connectivity index (χ4n) is 2.91. The van der Waals surface area contributed by atoms with Gasteiger partial charge in [0, 0.05) is 25.7 Å². The van der Waals surface area contributed by atoms with Gasteiger partial charge in [0.1, 0.15) is 0 Å². The number of hydrogen-bond acceptors (Lipinski definition) is 4. The molecule has 2 aliphatic rings. The van der Waals surface area contributed by atoms with Gasteiger partial charge >= 0.3 is 0 Å². The molecule has 0 aromatic rings. The van der Waals surface area contributed by atoms with Gasteiger partial charge in [0.15, 0.2) is 0 Å². The molecule has 1 N–H and O–H groups in total. The van der Waals surface area contributed by atoms with Gasteiger partial charge in [0.05, 0.1) is 19.3 Å². The molecule has 112 valence electrons. The minimum absolute atomic E-state index is 0.450. The highest BCUT2D eigenvalue weighted by Gasteiger charge is 2.24. The number of nitrogens with one attached hydrogen (secondary N) is 1. The average molecular weight is 270 g/mol. The smallest absolute Gasteiger partial charge is 0.0612 e. The first kappa shape index (κ1) is 15.2. The molecule has 2 aliphatic heterocycles. The summed E-state index contributed by atoms with van der Waals surface area (Å²) < 4.78 is 11.2. The number of hydrogen-bond donors (Lipinski definition) is 1. The van der Waals surface area contributed by atoms with Gasteiger partial charge in [0.2, 0.25) is 0 Å². The Hall–Kier alpha value is -0.160. The van der Waals surface area contributed by atoms with Crippen molar-refractivity contribution < 1.29 is 9.47 Å². The van der Waals surface area contributed by atoms with E-state index in [4.69, 9.17) is 9.47 Å². The summed E-state index contributed by atoms with van der Waals surface area (Å²) in [5, 5.41) is 3.71. The zero-order valence-electron chi connectivity index (χ0n) is 12.6. The van der Waals surface area contributed by atoms with E-state index >= 15 is 0 Å². The Morgan fingerprint density at radius 1 is 1.21 bits per heavy atom. The van der Waals surface area contributed by atoms with E-state index in [1.807, 2.05) is 0 Å². The number of ether oxygens (including phenoxy) is 2. The molecule has 0 amide bonds. The van der Waals surface area contributed by atoms with Crippen molar-refractivity contribution in [1.82, 2.24) is 10.2 Å². The normalized spacial score (nSPS) is 29.8. The molecule has 2 rings (SSSR count). The standard InChI is InChI=1S/C15H30N2O2/c1-13(2)15-12-14(4-9-19-15)16-5-3-6-17-7-10-18-11-8-17/h13-16H,3-12H2,1-2H3. The van der Waals surface area contributed by atoms with Crippen molar-refractivity contribution in [1.29, 1.82) is 0 Å². The minimum atomic E-state index is 0.450. The summed E-state index contributed by atoms with van der Waals surface area (Å²) in [6.07, 6.45) is 4.03. The first-order valence-electron chi connectivity index (χ1n) is 7.91. The predicted molar refractivity (Wildman–Crippen MR) is 77.5 cm³/mol. The van der Waals surface area contributed by atoms with Crippen molar-refractivity contribution in [2.45, 2.75) is 45.3 Å². The van der Waals surface area contributed by atoms with Crippen LogP contribution < -0.4 is 5.32 Å². The van der Waals surface area contributed by atoms with Gasteiger partial charge in [0.25, 0.3) is 0 Å². The lowest BCUT2D eigenvalue weighted by Crippen LogP contribution is -2.42. The Morgan fingerprint density at radius 2 is 2.00 bits per heavy atom. The number of rotatable bonds is 6. The summed E-state index contributed by atoms with van der Waals surface area (Å²) in [6, 6.07) is 0.658. The van der Waals surface area contributed by atoms with E-state index < -0.39 is 0 Å². The molecule has 0 bridgehead atoms. The van der Waals surface area contributed by atoms with Crippen LogP contribution in [0.25, 0.3) is 0 Å².